The van der Waals surface area contributed by atoms with Gasteiger partial charge in [-0.05, 0) is 19.1 Å². The number of nitrogens with one attached hydrogen (secondary N) is 2. The maximum atomic E-state index is 11.7. The molecular formula is C9H11N4O2S+. The first-order valence-electron chi connectivity index (χ1n) is 4.33. The van der Waals surface area contributed by atoms with Crippen molar-refractivity contribution in [2.45, 2.75) is 11.8 Å². The Morgan fingerprint density at radius 3 is 2.50 bits per heavy atom. The number of rotatable bonds is 2. The summed E-state index contributed by atoms with van der Waals surface area (Å²) in [6.07, 6.45) is 1.51. The molecule has 1 aromatic carbocycles. The molecule has 0 bridgehead atoms. The molecule has 0 fully saturated rings. The zero-order valence-electron chi connectivity index (χ0n) is 8.56. The molecular weight excluding hydrogens is 228 g/mol. The zero-order valence-corrected chi connectivity index (χ0v) is 9.38. The second kappa shape index (κ2) is 4.63. The van der Waals surface area contributed by atoms with Gasteiger partial charge in [-0.25, -0.2) is 0 Å². The molecule has 0 spiro atoms. The highest BCUT2D eigenvalue weighted by Crippen LogP contribution is 2.06. The highest BCUT2D eigenvalue weighted by atomic mass is 32.2. The quantitative estimate of drug-likeness (QED) is 0.243. The second-order valence-electron chi connectivity index (χ2n) is 3.07. The first kappa shape index (κ1) is 12.0. The number of nitriles is 1. The Bertz CT molecular complexity index is 540. The number of benzene rings is 1. The van der Waals surface area contributed by atoms with Crippen LogP contribution in [0.5, 0.6) is 0 Å². The summed E-state index contributed by atoms with van der Waals surface area (Å²) in [6.45, 7) is 1.85. The third kappa shape index (κ3) is 2.96. The van der Waals surface area contributed by atoms with Gasteiger partial charge in [0.2, 0.25) is 0 Å². The lowest BCUT2D eigenvalue weighted by atomic mass is 10.2. The maximum Gasteiger partial charge on any atom is 0.370 e. The average Bonchev–Trinajstić information content (AvgIpc) is 2.17. The van der Waals surface area contributed by atoms with Crippen molar-refractivity contribution in [2.75, 3.05) is 0 Å². The van der Waals surface area contributed by atoms with E-state index in [1.807, 2.05) is 16.6 Å². The van der Waals surface area contributed by atoms with Gasteiger partial charge in [-0.2, -0.15) is 23.4 Å². The molecule has 84 valence electrons. The molecule has 1 aromatic rings. The molecule has 6 nitrogen and oxygen atoms in total. The molecule has 0 saturated heterocycles. The lowest BCUT2D eigenvalue weighted by Crippen LogP contribution is -2.81. The fourth-order valence-electron chi connectivity index (χ4n) is 1.01. The van der Waals surface area contributed by atoms with Gasteiger partial charge in [0.25, 0.3) is 6.19 Å². The lowest BCUT2D eigenvalue weighted by Gasteiger charge is -1.98. The van der Waals surface area contributed by atoms with Crippen LogP contribution < -0.4 is 15.4 Å². The summed E-state index contributed by atoms with van der Waals surface area (Å²) < 4.78 is 25.4. The van der Waals surface area contributed by atoms with Crippen LogP contribution in [-0.2, 0) is 10.0 Å². The van der Waals surface area contributed by atoms with Gasteiger partial charge in [0.1, 0.15) is 4.90 Å². The summed E-state index contributed by atoms with van der Waals surface area (Å²) in [5, 5.41) is 10.2. The van der Waals surface area contributed by atoms with Gasteiger partial charge < -0.3 is 0 Å². The van der Waals surface area contributed by atoms with Crippen LogP contribution in [0.25, 0.3) is 0 Å². The van der Waals surface area contributed by atoms with E-state index in [0.717, 1.165) is 5.56 Å². The molecule has 0 heterocycles. The molecule has 7 heteroatoms. The number of hydrogen-bond acceptors (Lipinski definition) is 3. The first-order chi connectivity index (χ1) is 7.45. The van der Waals surface area contributed by atoms with E-state index in [9.17, 15) is 8.42 Å². The number of hydrogen-bond donors (Lipinski definition) is 3. The topological polar surface area (TPSA) is 110 Å². The van der Waals surface area contributed by atoms with Gasteiger partial charge in [-0.15, -0.1) is 0 Å². The maximum absolute atomic E-state index is 11.7. The zero-order chi connectivity index (χ0) is 12.2. The van der Waals surface area contributed by atoms with Crippen LogP contribution in [-0.4, -0.2) is 14.4 Å². The van der Waals surface area contributed by atoms with Crippen LogP contribution in [0, 0.1) is 18.4 Å². The van der Waals surface area contributed by atoms with Crippen molar-refractivity contribution in [3.63, 3.8) is 0 Å². The standard InChI is InChI=1S/C9H10N4O2S/c1-7-2-4-8(5-3-7)16(14,15)13-9(11)12-6-10/h2-5H,1H3,(H3,11,12,13)/p+1. The van der Waals surface area contributed by atoms with E-state index < -0.39 is 10.0 Å². The Labute approximate surface area is 93.5 Å². The third-order valence-corrected chi connectivity index (χ3v) is 3.15. The SMILES string of the molecule is Cc1ccc(S(=O)(=O)[NH+]=C(N)NC#N)cc1. The van der Waals surface area contributed by atoms with E-state index >= 15 is 0 Å². The molecule has 0 aliphatic heterocycles. The smallest absolute Gasteiger partial charge is 0.289 e. The fourth-order valence-corrected chi connectivity index (χ4v) is 1.96. The Hall–Kier alpha value is -2.07. The summed E-state index contributed by atoms with van der Waals surface area (Å²) in [4.78, 5) is 0.0841. The van der Waals surface area contributed by atoms with E-state index in [4.69, 9.17) is 11.0 Å². The van der Waals surface area contributed by atoms with Crippen molar-refractivity contribution in [3.8, 4) is 6.19 Å². The molecule has 0 atom stereocenters. The monoisotopic (exact) mass is 239 g/mol. The first-order valence-corrected chi connectivity index (χ1v) is 5.81. The number of nitrogens with two attached hydrogens (primary N) is 1. The van der Waals surface area contributed by atoms with E-state index in [1.54, 1.807) is 12.1 Å². The minimum Gasteiger partial charge on any atom is -0.289 e. The summed E-state index contributed by atoms with van der Waals surface area (Å²) in [5.74, 6) is -0.330. The fraction of sp³-hybridized carbons (Fsp3) is 0.111. The van der Waals surface area contributed by atoms with Crippen LogP contribution in [0.1, 0.15) is 5.56 Å². The van der Waals surface area contributed by atoms with Gasteiger partial charge in [0.05, 0.1) is 0 Å². The molecule has 0 aliphatic rings. The largest absolute Gasteiger partial charge is 0.370 e. The Kier molecular flexibility index (Phi) is 3.48. The van der Waals surface area contributed by atoms with Crippen LogP contribution in [0.4, 0.5) is 0 Å². The lowest BCUT2D eigenvalue weighted by molar-refractivity contribution is -0.271. The predicted octanol–water partition coefficient (Wildman–Crippen LogP) is -1.85. The minimum atomic E-state index is -3.72. The molecule has 16 heavy (non-hydrogen) atoms. The van der Waals surface area contributed by atoms with Crippen molar-refractivity contribution in [3.05, 3.63) is 29.8 Å². The van der Waals surface area contributed by atoms with E-state index in [-0.39, 0.29) is 10.9 Å². The Morgan fingerprint density at radius 1 is 1.44 bits per heavy atom. The average molecular weight is 239 g/mol. The molecule has 0 saturated carbocycles. The summed E-state index contributed by atoms with van der Waals surface area (Å²) >= 11 is 0. The van der Waals surface area contributed by atoms with Crippen LogP contribution in [0.15, 0.2) is 29.2 Å². The number of sulfonamides is 1. The van der Waals surface area contributed by atoms with Crippen LogP contribution in [0.3, 0.4) is 0 Å². The minimum absolute atomic E-state index is 0.0841. The highest BCUT2D eigenvalue weighted by Gasteiger charge is 2.14. The van der Waals surface area contributed by atoms with Gasteiger partial charge in [-0.1, -0.05) is 17.7 Å². The van der Waals surface area contributed by atoms with Crippen molar-refractivity contribution in [2.24, 2.45) is 5.73 Å². The van der Waals surface area contributed by atoms with Crippen molar-refractivity contribution in [1.82, 2.24) is 5.32 Å². The number of nitrogens with zero attached hydrogens (tertiary/aromatic N) is 1. The number of aryl methyl sites for hydroxylation is 1. The van der Waals surface area contributed by atoms with E-state index in [2.05, 4.69) is 0 Å². The normalized spacial score (nSPS) is 11.9. The molecule has 0 aromatic heterocycles. The predicted molar refractivity (Wildman–Crippen MR) is 57.3 cm³/mol. The molecule has 4 N–H and O–H groups in total. The molecule has 0 aliphatic carbocycles. The van der Waals surface area contributed by atoms with E-state index in [0.29, 0.717) is 0 Å². The number of guanidine groups is 1. The highest BCUT2D eigenvalue weighted by molar-refractivity contribution is 7.84. The summed E-state index contributed by atoms with van der Waals surface area (Å²) in [6, 6.07) is 6.25. The third-order valence-electron chi connectivity index (χ3n) is 1.77. The second-order valence-corrected chi connectivity index (χ2v) is 4.75. The van der Waals surface area contributed by atoms with Crippen LogP contribution in [0.2, 0.25) is 0 Å². The van der Waals surface area contributed by atoms with Crippen molar-refractivity contribution in [1.29, 1.82) is 5.26 Å². The Balaban J connectivity index is 3.09. The summed E-state index contributed by atoms with van der Waals surface area (Å²) in [5.41, 5.74) is 6.18. The summed E-state index contributed by atoms with van der Waals surface area (Å²) in [7, 11) is -3.72. The molecule has 0 radical (unpaired) electrons. The molecule has 0 unspecified atom stereocenters. The Morgan fingerprint density at radius 2 is 2.00 bits per heavy atom. The van der Waals surface area contributed by atoms with Gasteiger partial charge >= 0.3 is 16.0 Å². The van der Waals surface area contributed by atoms with E-state index in [1.165, 1.54) is 18.3 Å². The molecule has 0 amide bonds. The van der Waals surface area contributed by atoms with Gasteiger partial charge in [0.15, 0.2) is 0 Å². The van der Waals surface area contributed by atoms with Crippen molar-refractivity contribution >= 4 is 16.0 Å². The molecule has 1 rings (SSSR count). The van der Waals surface area contributed by atoms with Gasteiger partial charge in [0, 0.05) is 0 Å². The van der Waals surface area contributed by atoms with Gasteiger partial charge in [-0.3, -0.25) is 5.73 Å². The van der Waals surface area contributed by atoms with Crippen molar-refractivity contribution < 1.29 is 12.8 Å². The van der Waals surface area contributed by atoms with Crippen LogP contribution >= 0.6 is 0 Å².